The van der Waals surface area contributed by atoms with Crippen LogP contribution in [0.4, 0.5) is 9.93 Å². The highest BCUT2D eigenvalue weighted by molar-refractivity contribution is 8.14. The van der Waals surface area contributed by atoms with E-state index in [1.165, 1.54) is 23.0 Å². The van der Waals surface area contributed by atoms with E-state index in [4.69, 9.17) is 0 Å². The number of aromatic nitrogens is 2. The van der Waals surface area contributed by atoms with Crippen LogP contribution in [-0.2, 0) is 9.59 Å². The number of rotatable bonds is 6. The number of thioether (sulfide) groups is 2. The fourth-order valence-electron chi connectivity index (χ4n) is 2.63. The lowest BCUT2D eigenvalue weighted by molar-refractivity contribution is -0.407. The highest BCUT2D eigenvalue weighted by Gasteiger charge is 2.49. The van der Waals surface area contributed by atoms with Gasteiger partial charge in [0.2, 0.25) is 16.9 Å². The molecule has 2 aliphatic heterocycles. The number of fused-ring (bicyclic) bond motifs is 1. The van der Waals surface area contributed by atoms with Gasteiger partial charge in [-0.05, 0) is 5.75 Å². The van der Waals surface area contributed by atoms with Crippen LogP contribution in [0, 0.1) is 5.92 Å². The summed E-state index contributed by atoms with van der Waals surface area (Å²) in [6.45, 7) is 3.90. The first-order valence-corrected chi connectivity index (χ1v) is 11.6. The van der Waals surface area contributed by atoms with Crippen LogP contribution >= 0.6 is 34.9 Å². The van der Waals surface area contributed by atoms with Crippen molar-refractivity contribution in [3.05, 3.63) is 0 Å². The highest BCUT2D eigenvalue weighted by atomic mass is 32.2. The Bertz CT molecular complexity index is 953. The second-order valence-electron chi connectivity index (χ2n) is 6.00. The van der Waals surface area contributed by atoms with Gasteiger partial charge in [0.05, 0.1) is 19.8 Å². The molecule has 3 heterocycles. The monoisotopic (exact) mass is 454 g/mol. The minimum atomic E-state index is -0.787. The molecule has 13 heteroatoms. The predicted octanol–water partition coefficient (Wildman–Crippen LogP) is 1.79. The highest BCUT2D eigenvalue weighted by Crippen LogP contribution is 2.27. The molecule has 4 amide bonds. The second-order valence-corrected chi connectivity index (χ2v) is 9.49. The van der Waals surface area contributed by atoms with Crippen LogP contribution in [0.5, 0.6) is 0 Å². The Morgan fingerprint density at radius 2 is 2.00 bits per heavy atom. The lowest BCUT2D eigenvalue weighted by Crippen LogP contribution is -2.54. The normalized spacial score (nSPS) is 19.2. The van der Waals surface area contributed by atoms with Gasteiger partial charge in [-0.25, -0.2) is 9.79 Å². The zero-order valence-corrected chi connectivity index (χ0v) is 18.8. The van der Waals surface area contributed by atoms with E-state index in [2.05, 4.69) is 25.5 Å². The van der Waals surface area contributed by atoms with E-state index in [9.17, 15) is 14.4 Å². The number of aliphatic imine (C=N–C) groups is 2. The van der Waals surface area contributed by atoms with E-state index in [0.29, 0.717) is 28.3 Å². The molecular weight excluding hydrogens is 434 g/mol. The van der Waals surface area contributed by atoms with Gasteiger partial charge in [-0.3, -0.25) is 14.9 Å². The van der Waals surface area contributed by atoms with Crippen LogP contribution in [0.1, 0.15) is 20.3 Å². The fourth-order valence-corrected chi connectivity index (χ4v) is 5.19. The summed E-state index contributed by atoms with van der Waals surface area (Å²) in [5.41, 5.74) is 0. The molecule has 154 valence electrons. The standard InChI is InChI=1S/C16H19N7O3S3/c1-5-8-17-11-10(13(25)23(4)16(26)22(11)3)12(18-8)28-7-9(24)19-14-20-21-15(29-14)27-6-2/h10H,5-7H2,1-4H3/p+1. The molecule has 3 rings (SSSR count). The average molecular weight is 455 g/mol. The molecule has 1 N–H and O–H groups in total. The van der Waals surface area contributed by atoms with Gasteiger partial charge in [-0.1, -0.05) is 53.7 Å². The van der Waals surface area contributed by atoms with E-state index in [-0.39, 0.29) is 11.7 Å². The van der Waals surface area contributed by atoms with Crippen LogP contribution in [0.15, 0.2) is 14.3 Å². The number of imide groups is 1. The Labute approximate surface area is 180 Å². The Morgan fingerprint density at radius 3 is 2.69 bits per heavy atom. The molecule has 0 saturated heterocycles. The number of amidine groups is 2. The van der Waals surface area contributed by atoms with Gasteiger partial charge < -0.3 is 0 Å². The molecule has 0 aromatic carbocycles. The summed E-state index contributed by atoms with van der Waals surface area (Å²) in [7, 11) is 3.00. The van der Waals surface area contributed by atoms with Gasteiger partial charge in [-0.2, -0.15) is 9.48 Å². The summed E-state index contributed by atoms with van der Waals surface area (Å²) in [6.07, 6.45) is 0.543. The topological polar surface area (TPSA) is 120 Å². The van der Waals surface area contributed by atoms with Crippen LogP contribution in [0.25, 0.3) is 0 Å². The number of carbonyl (C=O) groups excluding carboxylic acids is 3. The smallest absolute Gasteiger partial charge is 0.300 e. The molecule has 0 bridgehead atoms. The maximum atomic E-state index is 12.7. The molecule has 10 nitrogen and oxygen atoms in total. The Morgan fingerprint density at radius 1 is 1.24 bits per heavy atom. The minimum Gasteiger partial charge on any atom is -0.300 e. The number of nitrogens with one attached hydrogen (secondary N) is 1. The van der Waals surface area contributed by atoms with Crippen molar-refractivity contribution in [3.63, 3.8) is 0 Å². The van der Waals surface area contributed by atoms with Gasteiger partial charge in [0.15, 0.2) is 10.3 Å². The molecule has 1 unspecified atom stereocenters. The van der Waals surface area contributed by atoms with Crippen molar-refractivity contribution >= 4 is 74.6 Å². The molecule has 1 atom stereocenters. The van der Waals surface area contributed by atoms with Crippen molar-refractivity contribution in [1.29, 1.82) is 0 Å². The Kier molecular flexibility index (Phi) is 6.80. The maximum Gasteiger partial charge on any atom is 0.445 e. The van der Waals surface area contributed by atoms with E-state index < -0.39 is 17.9 Å². The SMILES string of the molecule is CCSc1nnc(NC(=O)CSC2=NC(CC)=NC3=[N+](C)C(=O)N(C)C(=O)C23)s1. The number of amides is 4. The van der Waals surface area contributed by atoms with Crippen molar-refractivity contribution in [2.75, 3.05) is 30.9 Å². The first kappa shape index (κ1) is 21.6. The molecule has 0 fully saturated rings. The summed E-state index contributed by atoms with van der Waals surface area (Å²) in [5.74, 6) is 0.317. The van der Waals surface area contributed by atoms with Gasteiger partial charge >= 0.3 is 11.9 Å². The summed E-state index contributed by atoms with van der Waals surface area (Å²) >= 11 is 4.02. The number of hydrogen-bond donors (Lipinski definition) is 1. The first-order chi connectivity index (χ1) is 13.8. The Balaban J connectivity index is 1.74. The average Bonchev–Trinajstić information content (AvgIpc) is 3.15. The van der Waals surface area contributed by atoms with Crippen LogP contribution < -0.4 is 5.32 Å². The van der Waals surface area contributed by atoms with Gasteiger partial charge in [0.25, 0.3) is 5.84 Å². The largest absolute Gasteiger partial charge is 0.445 e. The van der Waals surface area contributed by atoms with E-state index in [1.54, 1.807) is 18.8 Å². The van der Waals surface area contributed by atoms with Gasteiger partial charge in [0.1, 0.15) is 5.04 Å². The maximum absolute atomic E-state index is 12.7. The van der Waals surface area contributed by atoms with Crippen molar-refractivity contribution in [3.8, 4) is 0 Å². The van der Waals surface area contributed by atoms with Crippen LogP contribution in [-0.4, -0.2) is 79.8 Å². The van der Waals surface area contributed by atoms with Crippen molar-refractivity contribution in [2.45, 2.75) is 24.6 Å². The number of anilines is 1. The minimum absolute atomic E-state index is 0.0457. The third kappa shape index (κ3) is 4.56. The number of carbonyl (C=O) groups is 3. The summed E-state index contributed by atoms with van der Waals surface area (Å²) < 4.78 is 2.14. The third-order valence-electron chi connectivity index (χ3n) is 4.07. The molecule has 1 aromatic heterocycles. The van der Waals surface area contributed by atoms with Crippen molar-refractivity contribution < 1.29 is 19.0 Å². The first-order valence-electron chi connectivity index (χ1n) is 8.82. The summed E-state index contributed by atoms with van der Waals surface area (Å²) in [4.78, 5) is 47.1. The quantitative estimate of drug-likeness (QED) is 0.395. The zero-order valence-electron chi connectivity index (χ0n) is 16.3. The predicted molar refractivity (Wildman–Crippen MR) is 115 cm³/mol. The molecular formula is C16H20N7O3S3+. The van der Waals surface area contributed by atoms with Crippen LogP contribution in [0.3, 0.4) is 0 Å². The number of hydrogen-bond acceptors (Lipinski definition) is 10. The number of urea groups is 1. The lowest BCUT2D eigenvalue weighted by Gasteiger charge is -2.26. The van der Waals surface area contributed by atoms with Crippen molar-refractivity contribution in [1.82, 2.24) is 15.1 Å². The molecule has 1 aromatic rings. The van der Waals surface area contributed by atoms with E-state index in [1.807, 2.05) is 13.8 Å². The van der Waals surface area contributed by atoms with E-state index >= 15 is 0 Å². The molecule has 29 heavy (non-hydrogen) atoms. The van der Waals surface area contributed by atoms with E-state index in [0.717, 1.165) is 26.8 Å². The zero-order chi connectivity index (χ0) is 21.1. The Hall–Kier alpha value is -2.12. The van der Waals surface area contributed by atoms with Crippen LogP contribution in [0.2, 0.25) is 0 Å². The van der Waals surface area contributed by atoms with Crippen molar-refractivity contribution in [2.24, 2.45) is 15.9 Å². The molecule has 0 aliphatic carbocycles. The fraction of sp³-hybridized carbons (Fsp3) is 0.500. The number of nitrogens with zero attached hydrogens (tertiary/aromatic N) is 6. The molecule has 0 spiro atoms. The summed E-state index contributed by atoms with van der Waals surface area (Å²) in [6, 6.07) is -0.443. The third-order valence-corrected chi connectivity index (χ3v) is 6.95. The molecule has 0 saturated carbocycles. The van der Waals surface area contributed by atoms with Gasteiger partial charge in [0, 0.05) is 6.42 Å². The lowest BCUT2D eigenvalue weighted by atomic mass is 10.0. The summed E-state index contributed by atoms with van der Waals surface area (Å²) in [5, 5.41) is 11.5. The second kappa shape index (κ2) is 9.13. The van der Waals surface area contributed by atoms with Gasteiger partial charge in [-0.15, -0.1) is 10.2 Å². The molecule has 0 radical (unpaired) electrons. The molecule has 2 aliphatic rings.